The molecule has 5 nitrogen and oxygen atoms in total. The van der Waals surface area contributed by atoms with Crippen LogP contribution < -0.4 is 4.90 Å². The SMILES string of the molecule is CN(C(=O)C1CCN(S(=O)(=O)c2ccccc2)CC1)c1cccc2ccccc12. The molecule has 3 aromatic carbocycles. The summed E-state index contributed by atoms with van der Waals surface area (Å²) in [6.45, 7) is 0.716. The average molecular weight is 409 g/mol. The molecule has 0 aliphatic carbocycles. The number of amides is 1. The van der Waals surface area contributed by atoms with Gasteiger partial charge in [-0.1, -0.05) is 54.6 Å². The zero-order chi connectivity index (χ0) is 20.4. The first-order valence-electron chi connectivity index (χ1n) is 9.79. The van der Waals surface area contributed by atoms with Crippen LogP contribution in [-0.2, 0) is 14.8 Å². The Labute approximate surface area is 171 Å². The quantitative estimate of drug-likeness (QED) is 0.658. The van der Waals surface area contributed by atoms with Gasteiger partial charge in [-0.3, -0.25) is 4.79 Å². The maximum Gasteiger partial charge on any atom is 0.243 e. The molecule has 0 unspecified atom stereocenters. The van der Waals surface area contributed by atoms with E-state index in [0.717, 1.165) is 16.5 Å². The summed E-state index contributed by atoms with van der Waals surface area (Å²) in [7, 11) is -1.70. The number of hydrogen-bond donors (Lipinski definition) is 0. The van der Waals surface area contributed by atoms with E-state index < -0.39 is 10.0 Å². The van der Waals surface area contributed by atoms with E-state index in [1.54, 1.807) is 42.3 Å². The Kier molecular flexibility index (Phi) is 5.39. The lowest BCUT2D eigenvalue weighted by atomic mass is 9.96. The van der Waals surface area contributed by atoms with Crippen molar-refractivity contribution in [1.82, 2.24) is 4.31 Å². The summed E-state index contributed by atoms with van der Waals surface area (Å²) in [5.74, 6) is -0.140. The molecule has 3 aromatic rings. The van der Waals surface area contributed by atoms with Gasteiger partial charge >= 0.3 is 0 Å². The van der Waals surface area contributed by atoms with Crippen LogP contribution in [0.25, 0.3) is 10.8 Å². The number of piperidine rings is 1. The van der Waals surface area contributed by atoms with Crippen molar-refractivity contribution in [2.45, 2.75) is 17.7 Å². The lowest BCUT2D eigenvalue weighted by Gasteiger charge is -2.32. The molecule has 1 aliphatic rings. The fourth-order valence-electron chi connectivity index (χ4n) is 3.98. The van der Waals surface area contributed by atoms with Gasteiger partial charge in [0.25, 0.3) is 0 Å². The lowest BCUT2D eigenvalue weighted by molar-refractivity contribution is -0.123. The fraction of sp³-hybridized carbons (Fsp3) is 0.261. The summed E-state index contributed by atoms with van der Waals surface area (Å²) >= 11 is 0. The molecule has 0 bridgehead atoms. The molecule has 0 saturated carbocycles. The van der Waals surface area contributed by atoms with Crippen molar-refractivity contribution in [3.63, 3.8) is 0 Å². The third-order valence-electron chi connectivity index (χ3n) is 5.64. The molecule has 1 fully saturated rings. The van der Waals surface area contributed by atoms with Crippen LogP contribution in [-0.4, -0.2) is 38.8 Å². The van der Waals surface area contributed by atoms with E-state index in [2.05, 4.69) is 0 Å². The number of nitrogens with zero attached hydrogens (tertiary/aromatic N) is 2. The van der Waals surface area contributed by atoms with Gasteiger partial charge in [-0.2, -0.15) is 4.31 Å². The van der Waals surface area contributed by atoms with Crippen LogP contribution in [0, 0.1) is 5.92 Å². The van der Waals surface area contributed by atoms with Gasteiger partial charge in [0.2, 0.25) is 15.9 Å². The number of carbonyl (C=O) groups is 1. The summed E-state index contributed by atoms with van der Waals surface area (Å²) in [5.41, 5.74) is 0.882. The van der Waals surface area contributed by atoms with Gasteiger partial charge in [-0.05, 0) is 36.4 Å². The first kappa shape index (κ1) is 19.6. The van der Waals surface area contributed by atoms with Crippen LogP contribution in [0.2, 0.25) is 0 Å². The highest BCUT2D eigenvalue weighted by molar-refractivity contribution is 7.89. The predicted octanol–water partition coefficient (Wildman–Crippen LogP) is 3.90. The number of rotatable bonds is 4. The topological polar surface area (TPSA) is 57.7 Å². The van der Waals surface area contributed by atoms with Crippen molar-refractivity contribution < 1.29 is 13.2 Å². The number of benzene rings is 3. The van der Waals surface area contributed by atoms with Crippen molar-refractivity contribution in [2.75, 3.05) is 25.0 Å². The fourth-order valence-corrected chi connectivity index (χ4v) is 5.47. The zero-order valence-electron chi connectivity index (χ0n) is 16.4. The average Bonchev–Trinajstić information content (AvgIpc) is 2.78. The Morgan fingerprint density at radius 3 is 2.24 bits per heavy atom. The predicted molar refractivity (Wildman–Crippen MR) is 115 cm³/mol. The maximum atomic E-state index is 13.1. The summed E-state index contributed by atoms with van der Waals surface area (Å²) in [4.78, 5) is 15.1. The Bertz CT molecular complexity index is 1120. The monoisotopic (exact) mass is 408 g/mol. The minimum Gasteiger partial charge on any atom is -0.315 e. The zero-order valence-corrected chi connectivity index (χ0v) is 17.2. The summed E-state index contributed by atoms with van der Waals surface area (Å²) < 4.78 is 27.1. The molecule has 1 aliphatic heterocycles. The molecule has 0 atom stereocenters. The van der Waals surface area contributed by atoms with Gasteiger partial charge in [0, 0.05) is 31.4 Å². The molecule has 0 radical (unpaired) electrons. The van der Waals surface area contributed by atoms with E-state index >= 15 is 0 Å². The highest BCUT2D eigenvalue weighted by Crippen LogP contribution is 2.30. The van der Waals surface area contributed by atoms with Crippen LogP contribution in [0.5, 0.6) is 0 Å². The van der Waals surface area contributed by atoms with Crippen molar-refractivity contribution in [1.29, 1.82) is 0 Å². The van der Waals surface area contributed by atoms with Crippen LogP contribution in [0.4, 0.5) is 5.69 Å². The molecule has 29 heavy (non-hydrogen) atoms. The number of anilines is 1. The summed E-state index contributed by atoms with van der Waals surface area (Å²) in [6, 6.07) is 22.4. The van der Waals surface area contributed by atoms with Crippen LogP contribution in [0.15, 0.2) is 77.7 Å². The molecular weight excluding hydrogens is 384 g/mol. The molecule has 1 amide bonds. The standard InChI is InChI=1S/C23H24N2O3S/c1-24(22-13-7-9-18-8-5-6-12-21(18)22)23(26)19-14-16-25(17-15-19)29(27,28)20-10-3-2-4-11-20/h2-13,19H,14-17H2,1H3. The largest absolute Gasteiger partial charge is 0.315 e. The van der Waals surface area contributed by atoms with E-state index in [4.69, 9.17) is 0 Å². The number of sulfonamides is 1. The van der Waals surface area contributed by atoms with E-state index in [1.165, 1.54) is 4.31 Å². The van der Waals surface area contributed by atoms with E-state index in [9.17, 15) is 13.2 Å². The maximum absolute atomic E-state index is 13.1. The Morgan fingerprint density at radius 2 is 1.52 bits per heavy atom. The van der Waals surface area contributed by atoms with E-state index in [-0.39, 0.29) is 11.8 Å². The van der Waals surface area contributed by atoms with Crippen molar-refractivity contribution in [2.24, 2.45) is 5.92 Å². The molecule has 0 spiro atoms. The van der Waals surface area contributed by atoms with Gasteiger partial charge < -0.3 is 4.90 Å². The third kappa shape index (κ3) is 3.78. The molecule has 1 saturated heterocycles. The molecule has 6 heteroatoms. The smallest absolute Gasteiger partial charge is 0.243 e. The highest BCUT2D eigenvalue weighted by Gasteiger charge is 2.33. The first-order chi connectivity index (χ1) is 14.0. The molecule has 150 valence electrons. The number of carbonyl (C=O) groups excluding carboxylic acids is 1. The molecule has 1 heterocycles. The highest BCUT2D eigenvalue weighted by atomic mass is 32.2. The second kappa shape index (κ2) is 7.97. The second-order valence-corrected chi connectivity index (χ2v) is 9.32. The van der Waals surface area contributed by atoms with Crippen LogP contribution in [0.1, 0.15) is 12.8 Å². The van der Waals surface area contributed by atoms with Gasteiger partial charge in [0.1, 0.15) is 0 Å². The Balaban J connectivity index is 1.48. The lowest BCUT2D eigenvalue weighted by Crippen LogP contribution is -2.43. The van der Waals surface area contributed by atoms with Crippen LogP contribution in [0.3, 0.4) is 0 Å². The van der Waals surface area contributed by atoms with Gasteiger partial charge in [-0.15, -0.1) is 0 Å². The Morgan fingerprint density at radius 1 is 0.897 bits per heavy atom. The molecule has 4 rings (SSSR count). The van der Waals surface area contributed by atoms with E-state index in [0.29, 0.717) is 30.8 Å². The molecule has 0 N–H and O–H groups in total. The van der Waals surface area contributed by atoms with Crippen molar-refractivity contribution in [3.8, 4) is 0 Å². The Hall–Kier alpha value is -2.70. The summed E-state index contributed by atoms with van der Waals surface area (Å²) in [5, 5.41) is 2.13. The van der Waals surface area contributed by atoms with Gasteiger partial charge in [0.05, 0.1) is 10.6 Å². The summed E-state index contributed by atoms with van der Waals surface area (Å²) in [6.07, 6.45) is 1.06. The van der Waals surface area contributed by atoms with Gasteiger partial charge in [0.15, 0.2) is 0 Å². The molecular formula is C23H24N2O3S. The van der Waals surface area contributed by atoms with Gasteiger partial charge in [-0.25, -0.2) is 8.42 Å². The molecule has 0 aromatic heterocycles. The normalized spacial score (nSPS) is 16.0. The van der Waals surface area contributed by atoms with Crippen molar-refractivity contribution in [3.05, 3.63) is 72.8 Å². The van der Waals surface area contributed by atoms with Crippen molar-refractivity contribution >= 4 is 32.4 Å². The minimum absolute atomic E-state index is 0.0399. The minimum atomic E-state index is -3.50. The third-order valence-corrected chi connectivity index (χ3v) is 7.56. The number of hydrogen-bond acceptors (Lipinski definition) is 3. The van der Waals surface area contributed by atoms with E-state index in [1.807, 2.05) is 42.5 Å². The second-order valence-electron chi connectivity index (χ2n) is 7.39. The van der Waals surface area contributed by atoms with Crippen LogP contribution >= 0.6 is 0 Å². The number of fused-ring (bicyclic) bond motifs is 1. The first-order valence-corrected chi connectivity index (χ1v) is 11.2.